The van der Waals surface area contributed by atoms with Crippen molar-refractivity contribution < 1.29 is 0 Å². The summed E-state index contributed by atoms with van der Waals surface area (Å²) in [5.41, 5.74) is 8.23. The minimum absolute atomic E-state index is 0. The first-order chi connectivity index (χ1) is 4.34. The number of halogens is 2. The number of rotatable bonds is 2. The van der Waals surface area contributed by atoms with Gasteiger partial charge in [-0.25, -0.2) is 4.98 Å². The average molecular weight is 213 g/mol. The van der Waals surface area contributed by atoms with Crippen LogP contribution in [0.2, 0.25) is 0 Å². The van der Waals surface area contributed by atoms with Gasteiger partial charge in [0.25, 0.3) is 0 Å². The molecule has 0 aromatic carbocycles. The summed E-state index contributed by atoms with van der Waals surface area (Å²) in [4.78, 5) is 4.01. The second kappa shape index (κ2) is 6.61. The van der Waals surface area contributed by atoms with Gasteiger partial charge in [0.15, 0.2) is 0 Å². The lowest BCUT2D eigenvalue weighted by molar-refractivity contribution is 0.876. The largest absolute Gasteiger partial charge is 0.319 e. The molecule has 1 rings (SSSR count). The number of nitrogens with two attached hydrogens (primary N) is 1. The molecule has 0 aliphatic heterocycles. The first-order valence-corrected chi connectivity index (χ1v) is 3.55. The van der Waals surface area contributed by atoms with E-state index in [-0.39, 0.29) is 30.9 Å². The Hall–Kier alpha value is -0.0900. The average Bonchev–Trinajstić information content (AvgIpc) is 2.37. The van der Waals surface area contributed by atoms with Crippen molar-refractivity contribution in [3.63, 3.8) is 0 Å². The lowest BCUT2D eigenvalue weighted by Crippen LogP contribution is -2.05. The Morgan fingerprint density at radius 3 is 2.64 bits per heavy atom. The van der Waals surface area contributed by atoms with Crippen LogP contribution >= 0.6 is 36.2 Å². The van der Waals surface area contributed by atoms with Gasteiger partial charge in [-0.2, -0.15) is 0 Å². The SMILES string of the molecule is C=CC(N)c1cscn1.Cl.Cl. The van der Waals surface area contributed by atoms with Gasteiger partial charge < -0.3 is 5.73 Å². The molecule has 2 N–H and O–H groups in total. The molecule has 11 heavy (non-hydrogen) atoms. The van der Waals surface area contributed by atoms with Crippen molar-refractivity contribution in [3.8, 4) is 0 Å². The quantitative estimate of drug-likeness (QED) is 0.764. The summed E-state index contributed by atoms with van der Waals surface area (Å²) in [6.45, 7) is 3.56. The van der Waals surface area contributed by atoms with E-state index in [9.17, 15) is 0 Å². The third-order valence-electron chi connectivity index (χ3n) is 1.05. The zero-order chi connectivity index (χ0) is 6.69. The Morgan fingerprint density at radius 1 is 1.64 bits per heavy atom. The van der Waals surface area contributed by atoms with Gasteiger partial charge in [0.05, 0.1) is 17.2 Å². The molecule has 0 bridgehead atoms. The van der Waals surface area contributed by atoms with E-state index < -0.39 is 0 Å². The Bertz CT molecular complexity index is 188. The fourth-order valence-electron chi connectivity index (χ4n) is 0.507. The maximum Gasteiger partial charge on any atom is 0.0795 e. The molecular formula is C6H10Cl2N2S. The summed E-state index contributed by atoms with van der Waals surface area (Å²) in [6.07, 6.45) is 1.68. The van der Waals surface area contributed by atoms with Gasteiger partial charge in [-0.3, -0.25) is 0 Å². The summed E-state index contributed by atoms with van der Waals surface area (Å²) in [6, 6.07) is -0.101. The van der Waals surface area contributed by atoms with Crippen LogP contribution in [-0.2, 0) is 0 Å². The summed E-state index contributed by atoms with van der Waals surface area (Å²) < 4.78 is 0. The van der Waals surface area contributed by atoms with E-state index in [1.165, 1.54) is 0 Å². The van der Waals surface area contributed by atoms with E-state index in [2.05, 4.69) is 11.6 Å². The third-order valence-corrected chi connectivity index (χ3v) is 1.65. The molecule has 1 unspecified atom stereocenters. The molecule has 0 radical (unpaired) electrons. The predicted octanol–water partition coefficient (Wildman–Crippen LogP) is 2.17. The molecule has 0 spiro atoms. The van der Waals surface area contributed by atoms with Crippen molar-refractivity contribution in [2.24, 2.45) is 5.73 Å². The molecular weight excluding hydrogens is 203 g/mol. The number of aromatic nitrogens is 1. The predicted molar refractivity (Wildman–Crippen MR) is 53.7 cm³/mol. The van der Waals surface area contributed by atoms with Crippen molar-refractivity contribution in [3.05, 3.63) is 29.2 Å². The van der Waals surface area contributed by atoms with E-state index in [1.54, 1.807) is 22.9 Å². The van der Waals surface area contributed by atoms with E-state index in [4.69, 9.17) is 5.73 Å². The van der Waals surface area contributed by atoms with Gasteiger partial charge in [0.2, 0.25) is 0 Å². The van der Waals surface area contributed by atoms with Crippen molar-refractivity contribution >= 4 is 36.2 Å². The first kappa shape index (κ1) is 13.5. The van der Waals surface area contributed by atoms with Crippen molar-refractivity contribution in [1.29, 1.82) is 0 Å². The number of hydrogen-bond donors (Lipinski definition) is 1. The number of nitrogens with zero attached hydrogens (tertiary/aromatic N) is 1. The minimum Gasteiger partial charge on any atom is -0.319 e. The highest BCUT2D eigenvalue weighted by Crippen LogP contribution is 2.09. The van der Waals surface area contributed by atoms with Gasteiger partial charge in [-0.05, 0) is 0 Å². The topological polar surface area (TPSA) is 38.9 Å². The number of hydrogen-bond acceptors (Lipinski definition) is 3. The van der Waals surface area contributed by atoms with Crippen molar-refractivity contribution in [1.82, 2.24) is 4.98 Å². The van der Waals surface area contributed by atoms with Crippen LogP contribution in [0.25, 0.3) is 0 Å². The van der Waals surface area contributed by atoms with Gasteiger partial charge >= 0.3 is 0 Å². The van der Waals surface area contributed by atoms with Crippen LogP contribution in [0, 0.1) is 0 Å². The van der Waals surface area contributed by atoms with E-state index in [0.29, 0.717) is 0 Å². The Labute approximate surface area is 82.3 Å². The Morgan fingerprint density at radius 2 is 2.27 bits per heavy atom. The molecule has 5 heteroatoms. The smallest absolute Gasteiger partial charge is 0.0795 e. The van der Waals surface area contributed by atoms with Crippen LogP contribution in [0.5, 0.6) is 0 Å². The van der Waals surface area contributed by atoms with E-state index in [0.717, 1.165) is 5.69 Å². The van der Waals surface area contributed by atoms with Gasteiger partial charge in [-0.15, -0.1) is 42.7 Å². The van der Waals surface area contributed by atoms with Gasteiger partial charge in [-0.1, -0.05) is 6.08 Å². The Balaban J connectivity index is 0. The maximum atomic E-state index is 5.56. The monoisotopic (exact) mass is 212 g/mol. The van der Waals surface area contributed by atoms with E-state index >= 15 is 0 Å². The van der Waals surface area contributed by atoms with Crippen LogP contribution in [0.1, 0.15) is 11.7 Å². The molecule has 0 aliphatic carbocycles. The number of thiazole rings is 1. The Kier molecular flexibility index (Phi) is 8.11. The molecule has 1 heterocycles. The molecule has 0 aliphatic rings. The molecule has 0 saturated heterocycles. The molecule has 64 valence electrons. The molecule has 0 saturated carbocycles. The summed E-state index contributed by atoms with van der Waals surface area (Å²) >= 11 is 1.54. The molecule has 1 atom stereocenters. The van der Waals surface area contributed by atoms with E-state index in [1.807, 2.05) is 5.38 Å². The van der Waals surface area contributed by atoms with Crippen LogP contribution in [0.4, 0.5) is 0 Å². The lowest BCUT2D eigenvalue weighted by atomic mass is 10.2. The summed E-state index contributed by atoms with van der Waals surface area (Å²) in [5, 5.41) is 1.92. The van der Waals surface area contributed by atoms with Crippen LogP contribution in [-0.4, -0.2) is 4.98 Å². The van der Waals surface area contributed by atoms with Crippen LogP contribution < -0.4 is 5.73 Å². The first-order valence-electron chi connectivity index (χ1n) is 2.61. The highest BCUT2D eigenvalue weighted by atomic mass is 35.5. The molecule has 0 fully saturated rings. The highest BCUT2D eigenvalue weighted by molar-refractivity contribution is 7.07. The zero-order valence-corrected chi connectivity index (χ0v) is 8.22. The maximum absolute atomic E-state index is 5.56. The second-order valence-electron chi connectivity index (χ2n) is 1.67. The molecule has 2 nitrogen and oxygen atoms in total. The zero-order valence-electron chi connectivity index (χ0n) is 5.77. The molecule has 0 amide bonds. The molecule has 1 aromatic rings. The highest BCUT2D eigenvalue weighted by Gasteiger charge is 2.00. The molecule has 1 aromatic heterocycles. The minimum atomic E-state index is -0.101. The van der Waals surface area contributed by atoms with Crippen LogP contribution in [0.3, 0.4) is 0 Å². The lowest BCUT2D eigenvalue weighted by Gasteiger charge is -1.97. The van der Waals surface area contributed by atoms with Gasteiger partial charge in [0.1, 0.15) is 0 Å². The standard InChI is InChI=1S/C6H8N2S.2ClH/c1-2-5(7)6-3-9-4-8-6;;/h2-5H,1,7H2;2*1H. The fourth-order valence-corrected chi connectivity index (χ4v) is 1.11. The summed E-state index contributed by atoms with van der Waals surface area (Å²) in [7, 11) is 0. The summed E-state index contributed by atoms with van der Waals surface area (Å²) in [5.74, 6) is 0. The van der Waals surface area contributed by atoms with Crippen molar-refractivity contribution in [2.45, 2.75) is 6.04 Å². The van der Waals surface area contributed by atoms with Gasteiger partial charge in [0, 0.05) is 5.38 Å². The fraction of sp³-hybridized carbons (Fsp3) is 0.167. The second-order valence-corrected chi connectivity index (χ2v) is 2.39. The van der Waals surface area contributed by atoms with Crippen LogP contribution in [0.15, 0.2) is 23.5 Å². The third kappa shape index (κ3) is 3.72. The van der Waals surface area contributed by atoms with Crippen molar-refractivity contribution in [2.75, 3.05) is 0 Å². The normalized spacial score (nSPS) is 10.6.